The topological polar surface area (TPSA) is 96.4 Å². The lowest BCUT2D eigenvalue weighted by Crippen LogP contribution is -2.43. The molecule has 0 spiro atoms. The Balaban J connectivity index is 1.18. The Morgan fingerprint density at radius 1 is 1.15 bits per heavy atom. The summed E-state index contributed by atoms with van der Waals surface area (Å²) in [7, 11) is 1.84. The van der Waals surface area contributed by atoms with Crippen LogP contribution in [-0.4, -0.2) is 70.3 Å². The lowest BCUT2D eigenvalue weighted by atomic mass is 9.81. The molecule has 3 atom stereocenters. The Bertz CT molecular complexity index is 1090. The van der Waals surface area contributed by atoms with Gasteiger partial charge in [-0.05, 0) is 48.0 Å². The molecular weight excluding hydrogens is 448 g/mol. The first kappa shape index (κ1) is 22.0. The van der Waals surface area contributed by atoms with Crippen molar-refractivity contribution in [2.45, 2.75) is 49.0 Å². The number of nitrogens with one attached hydrogen (secondary N) is 2. The summed E-state index contributed by atoms with van der Waals surface area (Å²) >= 11 is -1.06. The van der Waals surface area contributed by atoms with E-state index >= 15 is 0 Å². The third-order valence-electron chi connectivity index (χ3n) is 7.91. The summed E-state index contributed by atoms with van der Waals surface area (Å²) in [4.78, 5) is 26.5. The summed E-state index contributed by atoms with van der Waals surface area (Å²) < 4.78 is 12.7. The number of nitrogens with zero attached hydrogens (tertiary/aromatic N) is 4. The van der Waals surface area contributed by atoms with Crippen LogP contribution in [0.25, 0.3) is 0 Å². The highest BCUT2D eigenvalue weighted by atomic mass is 32.2. The molecule has 6 rings (SSSR count). The van der Waals surface area contributed by atoms with Crippen LogP contribution in [0.3, 0.4) is 0 Å². The zero-order valence-electron chi connectivity index (χ0n) is 19.6. The Hall–Kier alpha value is -2.52. The molecule has 1 aromatic heterocycles. The van der Waals surface area contributed by atoms with E-state index < -0.39 is 11.2 Å². The van der Waals surface area contributed by atoms with Crippen molar-refractivity contribution in [3.05, 3.63) is 35.5 Å². The first-order valence-corrected chi connectivity index (χ1v) is 13.8. The molecule has 9 heteroatoms. The van der Waals surface area contributed by atoms with Crippen LogP contribution in [0, 0.1) is 5.92 Å². The highest BCUT2D eigenvalue weighted by molar-refractivity contribution is 7.91. The van der Waals surface area contributed by atoms with Gasteiger partial charge in [0.1, 0.15) is 11.4 Å². The standard InChI is InChI=1S/C25H32N6O2S/c1-30-15-17(6-7-22(30)32)27-24-23-21(10-13-34(23)33)28-25(29-24)31-11-8-16(9-12-31)19-14-26-20-5-3-2-4-18(19)20/h2-5,16-17,19,26H,6-15H2,1H3,(H,27,28,29)/t17-,19?,34?/m0/s1. The number of aromatic nitrogens is 2. The van der Waals surface area contributed by atoms with Gasteiger partial charge in [0.05, 0.1) is 0 Å². The maximum atomic E-state index is 12.7. The van der Waals surface area contributed by atoms with E-state index in [0.29, 0.717) is 36.4 Å². The number of rotatable bonds is 4. The molecular formula is C25H32N6O2S. The van der Waals surface area contributed by atoms with Gasteiger partial charge >= 0.3 is 0 Å². The summed E-state index contributed by atoms with van der Waals surface area (Å²) in [5.41, 5.74) is 3.66. The number of hydrogen-bond donors (Lipinski definition) is 2. The number of para-hydroxylation sites is 1. The normalized spacial score (nSPS) is 26.9. The number of piperidine rings is 2. The van der Waals surface area contributed by atoms with Crippen molar-refractivity contribution < 1.29 is 9.35 Å². The second-order valence-corrected chi connectivity index (χ2v) is 11.5. The van der Waals surface area contributed by atoms with Crippen LogP contribution in [0.2, 0.25) is 0 Å². The molecule has 0 radical (unpaired) electrons. The fourth-order valence-electron chi connectivity index (χ4n) is 5.98. The van der Waals surface area contributed by atoms with Gasteiger partial charge in [-0.1, -0.05) is 18.2 Å². The number of likely N-dealkylation sites (N-methyl/N-ethyl adjacent to an activating group) is 1. The summed E-state index contributed by atoms with van der Waals surface area (Å²) in [5.74, 6) is 3.48. The molecule has 2 N–H and O–H groups in total. The van der Waals surface area contributed by atoms with Crippen LogP contribution in [0.1, 0.15) is 42.9 Å². The van der Waals surface area contributed by atoms with Crippen LogP contribution >= 0.6 is 0 Å². The molecule has 2 saturated heterocycles. The summed E-state index contributed by atoms with van der Waals surface area (Å²) in [6.45, 7) is 3.54. The smallest absolute Gasteiger partial charge is 0.227 e. The number of amides is 1. The van der Waals surface area contributed by atoms with Crippen LogP contribution in [0.5, 0.6) is 0 Å². The van der Waals surface area contributed by atoms with Gasteiger partial charge in [0.2, 0.25) is 16.8 Å². The van der Waals surface area contributed by atoms with Crippen molar-refractivity contribution >= 4 is 34.5 Å². The van der Waals surface area contributed by atoms with Crippen molar-refractivity contribution in [1.82, 2.24) is 14.9 Å². The van der Waals surface area contributed by atoms with Crippen LogP contribution in [0.4, 0.5) is 17.5 Å². The Labute approximate surface area is 203 Å². The van der Waals surface area contributed by atoms with Gasteiger partial charge in [-0.3, -0.25) is 4.79 Å². The molecule has 2 aromatic rings. The first-order valence-electron chi connectivity index (χ1n) is 12.4. The van der Waals surface area contributed by atoms with E-state index in [0.717, 1.165) is 61.9 Å². The monoisotopic (exact) mass is 480 g/mol. The number of anilines is 3. The van der Waals surface area contributed by atoms with E-state index in [4.69, 9.17) is 9.97 Å². The number of likely N-dealkylation sites (tertiary alicyclic amines) is 1. The molecule has 2 fully saturated rings. The SMILES string of the molecule is CN1C[C@@H](Nc2nc(N3CCC(C4CNc5ccccc54)CC3)nc3c2[S+]([O-])CC3)CCC1=O. The number of aryl methyl sites for hydroxylation is 1. The zero-order chi connectivity index (χ0) is 23.2. The maximum absolute atomic E-state index is 12.7. The van der Waals surface area contributed by atoms with Gasteiger partial charge in [-0.15, -0.1) is 0 Å². The van der Waals surface area contributed by atoms with Gasteiger partial charge in [-0.25, -0.2) is 4.98 Å². The molecule has 1 amide bonds. The molecule has 5 heterocycles. The van der Waals surface area contributed by atoms with Crippen molar-refractivity contribution in [3.63, 3.8) is 0 Å². The summed E-state index contributed by atoms with van der Waals surface area (Å²) in [6.07, 6.45) is 4.27. The van der Waals surface area contributed by atoms with E-state index in [-0.39, 0.29) is 11.9 Å². The zero-order valence-corrected chi connectivity index (χ0v) is 20.4. The summed E-state index contributed by atoms with van der Waals surface area (Å²) in [5, 5.41) is 7.11. The second-order valence-electron chi connectivity index (χ2n) is 10.0. The molecule has 2 unspecified atom stereocenters. The van der Waals surface area contributed by atoms with Crippen molar-refractivity contribution in [3.8, 4) is 0 Å². The van der Waals surface area contributed by atoms with Gasteiger partial charge < -0.3 is 25.0 Å². The molecule has 4 aliphatic heterocycles. The highest BCUT2D eigenvalue weighted by Crippen LogP contribution is 2.41. The fraction of sp³-hybridized carbons (Fsp3) is 0.560. The van der Waals surface area contributed by atoms with E-state index in [1.807, 2.05) is 7.05 Å². The number of benzene rings is 1. The molecule has 180 valence electrons. The summed E-state index contributed by atoms with van der Waals surface area (Å²) in [6, 6.07) is 8.81. The van der Waals surface area contributed by atoms with Gasteiger partial charge in [0.25, 0.3) is 0 Å². The molecule has 34 heavy (non-hydrogen) atoms. The number of carbonyl (C=O) groups is 1. The molecule has 8 nitrogen and oxygen atoms in total. The average molecular weight is 481 g/mol. The van der Waals surface area contributed by atoms with Crippen LogP contribution < -0.4 is 15.5 Å². The van der Waals surface area contributed by atoms with Crippen molar-refractivity contribution in [2.75, 3.05) is 54.5 Å². The molecule has 0 aliphatic carbocycles. The number of fused-ring (bicyclic) bond motifs is 2. The average Bonchev–Trinajstić information content (AvgIpc) is 3.45. The Kier molecular flexibility index (Phi) is 5.77. The van der Waals surface area contributed by atoms with E-state index in [9.17, 15) is 9.35 Å². The number of hydrogen-bond acceptors (Lipinski definition) is 7. The molecule has 0 saturated carbocycles. The van der Waals surface area contributed by atoms with Crippen molar-refractivity contribution in [1.29, 1.82) is 0 Å². The van der Waals surface area contributed by atoms with E-state index in [1.54, 1.807) is 4.90 Å². The predicted molar refractivity (Wildman–Crippen MR) is 134 cm³/mol. The minimum atomic E-state index is -1.06. The first-order chi connectivity index (χ1) is 16.6. The second kappa shape index (κ2) is 8.92. The quantitative estimate of drug-likeness (QED) is 0.650. The fourth-order valence-corrected chi connectivity index (χ4v) is 7.29. The lowest BCUT2D eigenvalue weighted by Gasteiger charge is -2.35. The third kappa shape index (κ3) is 3.98. The molecule has 0 bridgehead atoms. The minimum Gasteiger partial charge on any atom is -0.611 e. The predicted octanol–water partition coefficient (Wildman–Crippen LogP) is 2.60. The maximum Gasteiger partial charge on any atom is 0.227 e. The lowest BCUT2D eigenvalue weighted by molar-refractivity contribution is -0.132. The molecule has 1 aromatic carbocycles. The minimum absolute atomic E-state index is 0.118. The van der Waals surface area contributed by atoms with E-state index in [1.165, 1.54) is 11.3 Å². The highest BCUT2D eigenvalue weighted by Gasteiger charge is 2.36. The number of carbonyl (C=O) groups excluding carboxylic acids is 1. The third-order valence-corrected chi connectivity index (χ3v) is 9.37. The van der Waals surface area contributed by atoms with Gasteiger partial charge in [0.15, 0.2) is 5.82 Å². The Morgan fingerprint density at radius 3 is 2.79 bits per heavy atom. The molecule has 4 aliphatic rings. The van der Waals surface area contributed by atoms with Crippen LogP contribution in [0.15, 0.2) is 29.2 Å². The van der Waals surface area contributed by atoms with Crippen molar-refractivity contribution in [2.24, 2.45) is 5.92 Å². The largest absolute Gasteiger partial charge is 0.611 e. The van der Waals surface area contributed by atoms with E-state index in [2.05, 4.69) is 39.8 Å². The van der Waals surface area contributed by atoms with Gasteiger partial charge in [0, 0.05) is 63.7 Å². The van der Waals surface area contributed by atoms with Crippen LogP contribution in [-0.2, 0) is 22.4 Å². The Morgan fingerprint density at radius 2 is 1.97 bits per heavy atom. The van der Waals surface area contributed by atoms with Gasteiger partial charge in [-0.2, -0.15) is 4.98 Å².